The quantitative estimate of drug-likeness (QED) is 0.554. The summed E-state index contributed by atoms with van der Waals surface area (Å²) in [5.41, 5.74) is -0.463. The van der Waals surface area contributed by atoms with Crippen molar-refractivity contribution in [2.24, 2.45) is 0 Å². The number of carboxylic acid groups (broad SMARTS) is 1. The molecule has 0 radical (unpaired) electrons. The average Bonchev–Trinajstić information content (AvgIpc) is 2.14. The highest BCUT2D eigenvalue weighted by atomic mass is 16.4. The summed E-state index contributed by atoms with van der Waals surface area (Å²) >= 11 is 0. The molecule has 1 saturated carbocycles. The van der Waals surface area contributed by atoms with Crippen LogP contribution in [-0.4, -0.2) is 35.6 Å². The Kier molecular flexibility index (Phi) is 4.73. The van der Waals surface area contributed by atoms with Crippen LogP contribution in [0.3, 0.4) is 0 Å². The van der Waals surface area contributed by atoms with E-state index in [9.17, 15) is 9.59 Å². The highest BCUT2D eigenvalue weighted by molar-refractivity contribution is 5.78. The Bertz CT molecular complexity index is 262. The van der Waals surface area contributed by atoms with Crippen molar-refractivity contribution >= 4 is 11.9 Å². The van der Waals surface area contributed by atoms with Crippen LogP contribution < -0.4 is 10.6 Å². The number of aliphatic carboxylic acids is 1. The second kappa shape index (κ2) is 5.84. The lowest BCUT2D eigenvalue weighted by Crippen LogP contribution is -2.55. The minimum Gasteiger partial charge on any atom is -0.481 e. The van der Waals surface area contributed by atoms with E-state index in [1.54, 1.807) is 0 Å². The minimum atomic E-state index is -0.841. The van der Waals surface area contributed by atoms with E-state index in [0.29, 0.717) is 13.0 Å². The van der Waals surface area contributed by atoms with Crippen molar-refractivity contribution in [2.45, 2.75) is 44.6 Å². The maximum Gasteiger partial charge on any atom is 0.305 e. The zero-order chi connectivity index (χ0) is 12.0. The minimum absolute atomic E-state index is 0.0416. The molecule has 0 heterocycles. The molecule has 0 spiro atoms. The van der Waals surface area contributed by atoms with E-state index in [2.05, 4.69) is 10.6 Å². The fourth-order valence-corrected chi connectivity index (χ4v) is 1.98. The zero-order valence-electron chi connectivity index (χ0n) is 9.71. The molecule has 0 saturated heterocycles. The Hall–Kier alpha value is -1.10. The molecule has 3 N–H and O–H groups in total. The standard InChI is InChI=1S/C11H20N2O3/c1-2-12-7-4-9(14)13-11(5-3-6-11)8-10(15)16/h12H,2-8H2,1H3,(H,13,14)(H,15,16). The molecule has 1 aliphatic carbocycles. The van der Waals surface area contributed by atoms with Crippen molar-refractivity contribution in [2.75, 3.05) is 13.1 Å². The SMILES string of the molecule is CCNCCC(=O)NC1(CC(=O)O)CCC1. The zero-order valence-corrected chi connectivity index (χ0v) is 9.71. The fraction of sp³-hybridized carbons (Fsp3) is 0.818. The summed E-state index contributed by atoms with van der Waals surface area (Å²) in [6.07, 6.45) is 3.02. The van der Waals surface area contributed by atoms with E-state index < -0.39 is 11.5 Å². The molecule has 1 aliphatic rings. The van der Waals surface area contributed by atoms with E-state index in [1.165, 1.54) is 0 Å². The van der Waals surface area contributed by atoms with E-state index >= 15 is 0 Å². The topological polar surface area (TPSA) is 78.4 Å². The summed E-state index contributed by atoms with van der Waals surface area (Å²) in [7, 11) is 0. The van der Waals surface area contributed by atoms with Gasteiger partial charge in [-0.1, -0.05) is 6.92 Å². The van der Waals surface area contributed by atoms with Crippen LogP contribution in [0.4, 0.5) is 0 Å². The van der Waals surface area contributed by atoms with Gasteiger partial charge in [0, 0.05) is 13.0 Å². The average molecular weight is 228 g/mol. The second-order valence-corrected chi connectivity index (χ2v) is 4.36. The first kappa shape index (κ1) is 13.0. The monoisotopic (exact) mass is 228 g/mol. The van der Waals surface area contributed by atoms with Crippen LogP contribution in [-0.2, 0) is 9.59 Å². The third-order valence-electron chi connectivity index (χ3n) is 2.98. The number of hydrogen-bond donors (Lipinski definition) is 3. The van der Waals surface area contributed by atoms with Crippen LogP contribution in [0.5, 0.6) is 0 Å². The number of rotatable bonds is 7. The predicted molar refractivity (Wildman–Crippen MR) is 60.1 cm³/mol. The lowest BCUT2D eigenvalue weighted by molar-refractivity contribution is -0.140. The summed E-state index contributed by atoms with van der Waals surface area (Å²) in [6, 6.07) is 0. The smallest absolute Gasteiger partial charge is 0.305 e. The van der Waals surface area contributed by atoms with Gasteiger partial charge in [0.05, 0.1) is 12.0 Å². The van der Waals surface area contributed by atoms with Crippen LogP contribution in [0.25, 0.3) is 0 Å². The van der Waals surface area contributed by atoms with Crippen molar-refractivity contribution in [3.05, 3.63) is 0 Å². The van der Waals surface area contributed by atoms with Gasteiger partial charge in [0.25, 0.3) is 0 Å². The Morgan fingerprint density at radius 1 is 1.38 bits per heavy atom. The maximum absolute atomic E-state index is 11.6. The first-order chi connectivity index (χ1) is 7.58. The number of carbonyl (C=O) groups excluding carboxylic acids is 1. The molecule has 0 unspecified atom stereocenters. The molecule has 5 nitrogen and oxygen atoms in total. The fourth-order valence-electron chi connectivity index (χ4n) is 1.98. The first-order valence-corrected chi connectivity index (χ1v) is 5.81. The van der Waals surface area contributed by atoms with E-state index in [0.717, 1.165) is 25.8 Å². The molecule has 0 aromatic rings. The summed E-state index contributed by atoms with van der Waals surface area (Å²) in [5.74, 6) is -0.895. The van der Waals surface area contributed by atoms with Gasteiger partial charge < -0.3 is 15.7 Å². The van der Waals surface area contributed by atoms with Gasteiger partial charge in [0.15, 0.2) is 0 Å². The Labute approximate surface area is 95.6 Å². The van der Waals surface area contributed by atoms with Gasteiger partial charge in [0.2, 0.25) is 5.91 Å². The van der Waals surface area contributed by atoms with Crippen LogP contribution in [0.2, 0.25) is 0 Å². The maximum atomic E-state index is 11.6. The van der Waals surface area contributed by atoms with Gasteiger partial charge in [0.1, 0.15) is 0 Å². The van der Waals surface area contributed by atoms with E-state index in [-0.39, 0.29) is 12.3 Å². The largest absolute Gasteiger partial charge is 0.481 e. The van der Waals surface area contributed by atoms with Gasteiger partial charge in [-0.05, 0) is 25.8 Å². The number of nitrogens with one attached hydrogen (secondary N) is 2. The van der Waals surface area contributed by atoms with Gasteiger partial charge in [-0.15, -0.1) is 0 Å². The molecule has 1 rings (SSSR count). The molecule has 0 atom stereocenters. The molecule has 5 heteroatoms. The molecule has 92 valence electrons. The van der Waals surface area contributed by atoms with Gasteiger partial charge >= 0.3 is 5.97 Å². The van der Waals surface area contributed by atoms with E-state index in [4.69, 9.17) is 5.11 Å². The first-order valence-electron chi connectivity index (χ1n) is 5.81. The molecule has 0 bridgehead atoms. The molecule has 16 heavy (non-hydrogen) atoms. The molecule has 1 amide bonds. The summed E-state index contributed by atoms with van der Waals surface area (Å²) in [6.45, 7) is 3.47. The van der Waals surface area contributed by atoms with Crippen molar-refractivity contribution in [3.63, 3.8) is 0 Å². The Morgan fingerprint density at radius 3 is 2.50 bits per heavy atom. The normalized spacial score (nSPS) is 17.6. The van der Waals surface area contributed by atoms with Crippen LogP contribution in [0.1, 0.15) is 39.0 Å². The summed E-state index contributed by atoms with van der Waals surface area (Å²) < 4.78 is 0. The van der Waals surface area contributed by atoms with Crippen LogP contribution in [0, 0.1) is 0 Å². The second-order valence-electron chi connectivity index (χ2n) is 4.36. The Balaban J connectivity index is 2.32. The number of amides is 1. The molecular formula is C11H20N2O3. The molecule has 0 aliphatic heterocycles. The third kappa shape index (κ3) is 3.81. The van der Waals surface area contributed by atoms with Crippen molar-refractivity contribution in [1.29, 1.82) is 0 Å². The van der Waals surface area contributed by atoms with Gasteiger partial charge in [-0.3, -0.25) is 9.59 Å². The van der Waals surface area contributed by atoms with Gasteiger partial charge in [-0.25, -0.2) is 0 Å². The van der Waals surface area contributed by atoms with Crippen LogP contribution in [0.15, 0.2) is 0 Å². The number of hydrogen-bond acceptors (Lipinski definition) is 3. The molecule has 0 aromatic carbocycles. The Morgan fingerprint density at radius 2 is 2.06 bits per heavy atom. The summed E-state index contributed by atoms with van der Waals surface area (Å²) in [5, 5.41) is 14.7. The van der Waals surface area contributed by atoms with Crippen LogP contribution >= 0.6 is 0 Å². The molecule has 1 fully saturated rings. The highest BCUT2D eigenvalue weighted by Gasteiger charge is 2.40. The molecular weight excluding hydrogens is 208 g/mol. The van der Waals surface area contributed by atoms with Crippen molar-refractivity contribution < 1.29 is 14.7 Å². The molecule has 0 aromatic heterocycles. The lowest BCUT2D eigenvalue weighted by atomic mass is 9.74. The summed E-state index contributed by atoms with van der Waals surface area (Å²) in [4.78, 5) is 22.2. The predicted octanol–water partition coefficient (Wildman–Crippen LogP) is 0.500. The van der Waals surface area contributed by atoms with Crippen molar-refractivity contribution in [3.8, 4) is 0 Å². The highest BCUT2D eigenvalue weighted by Crippen LogP contribution is 2.34. The van der Waals surface area contributed by atoms with E-state index in [1.807, 2.05) is 6.92 Å². The van der Waals surface area contributed by atoms with Crippen molar-refractivity contribution in [1.82, 2.24) is 10.6 Å². The third-order valence-corrected chi connectivity index (χ3v) is 2.98. The lowest BCUT2D eigenvalue weighted by Gasteiger charge is -2.41. The number of carboxylic acids is 1. The van der Waals surface area contributed by atoms with Gasteiger partial charge in [-0.2, -0.15) is 0 Å². The number of carbonyl (C=O) groups is 2.